The SMILES string of the molecule is COC(=O)C1CCNC1c1ccccc1OC.Cl. The molecule has 0 spiro atoms. The molecule has 2 unspecified atom stereocenters. The fourth-order valence-electron chi connectivity index (χ4n) is 2.36. The minimum absolute atomic E-state index is 0. The van der Waals surface area contributed by atoms with E-state index in [2.05, 4.69) is 5.32 Å². The maximum absolute atomic E-state index is 11.7. The van der Waals surface area contributed by atoms with Crippen LogP contribution in [0.5, 0.6) is 5.75 Å². The predicted octanol–water partition coefficient (Wildman–Crippen LogP) is 1.94. The average Bonchev–Trinajstić information content (AvgIpc) is 2.86. The zero-order valence-electron chi connectivity index (χ0n) is 10.5. The van der Waals surface area contributed by atoms with Crippen LogP contribution in [0.15, 0.2) is 24.3 Å². The van der Waals surface area contributed by atoms with E-state index in [4.69, 9.17) is 9.47 Å². The Morgan fingerprint density at radius 1 is 1.33 bits per heavy atom. The third kappa shape index (κ3) is 2.76. The summed E-state index contributed by atoms with van der Waals surface area (Å²) in [6, 6.07) is 7.75. The number of nitrogens with one attached hydrogen (secondary N) is 1. The molecule has 1 fully saturated rings. The zero-order valence-corrected chi connectivity index (χ0v) is 11.3. The monoisotopic (exact) mass is 271 g/mol. The number of para-hydroxylation sites is 1. The highest BCUT2D eigenvalue weighted by atomic mass is 35.5. The maximum Gasteiger partial charge on any atom is 0.310 e. The van der Waals surface area contributed by atoms with Gasteiger partial charge < -0.3 is 14.8 Å². The number of hydrogen-bond donors (Lipinski definition) is 1. The van der Waals surface area contributed by atoms with Crippen molar-refractivity contribution in [2.45, 2.75) is 12.5 Å². The maximum atomic E-state index is 11.7. The molecule has 0 bridgehead atoms. The van der Waals surface area contributed by atoms with Crippen LogP contribution in [0, 0.1) is 5.92 Å². The highest BCUT2D eigenvalue weighted by molar-refractivity contribution is 5.85. The van der Waals surface area contributed by atoms with Gasteiger partial charge in [0.1, 0.15) is 5.75 Å². The molecule has 1 aromatic rings. The van der Waals surface area contributed by atoms with Crippen molar-refractivity contribution in [3.05, 3.63) is 29.8 Å². The third-order valence-electron chi connectivity index (χ3n) is 3.20. The second-order valence-electron chi connectivity index (χ2n) is 4.09. The molecule has 1 aliphatic heterocycles. The van der Waals surface area contributed by atoms with Gasteiger partial charge in [-0.15, -0.1) is 12.4 Å². The van der Waals surface area contributed by atoms with Gasteiger partial charge in [0.25, 0.3) is 0 Å². The number of ether oxygens (including phenoxy) is 2. The first-order valence-corrected chi connectivity index (χ1v) is 5.72. The average molecular weight is 272 g/mol. The summed E-state index contributed by atoms with van der Waals surface area (Å²) in [4.78, 5) is 11.7. The number of carbonyl (C=O) groups excluding carboxylic acids is 1. The lowest BCUT2D eigenvalue weighted by atomic mass is 9.93. The Kier molecular flexibility index (Phi) is 5.44. The van der Waals surface area contributed by atoms with Crippen LogP contribution in [0.3, 0.4) is 0 Å². The van der Waals surface area contributed by atoms with E-state index in [1.54, 1.807) is 7.11 Å². The molecule has 1 aliphatic rings. The molecular weight excluding hydrogens is 254 g/mol. The van der Waals surface area contributed by atoms with Crippen LogP contribution in [-0.2, 0) is 9.53 Å². The Morgan fingerprint density at radius 3 is 2.72 bits per heavy atom. The first-order valence-electron chi connectivity index (χ1n) is 5.72. The summed E-state index contributed by atoms with van der Waals surface area (Å²) in [6.07, 6.45) is 0.801. The quantitative estimate of drug-likeness (QED) is 0.854. The number of methoxy groups -OCH3 is 2. The number of esters is 1. The Balaban J connectivity index is 0.00000162. The Hall–Kier alpha value is -1.26. The van der Waals surface area contributed by atoms with E-state index in [1.807, 2.05) is 24.3 Å². The minimum Gasteiger partial charge on any atom is -0.496 e. The Labute approximate surface area is 113 Å². The van der Waals surface area contributed by atoms with E-state index in [1.165, 1.54) is 7.11 Å². The summed E-state index contributed by atoms with van der Waals surface area (Å²) in [5.74, 6) is 0.517. The summed E-state index contributed by atoms with van der Waals surface area (Å²) in [6.45, 7) is 0.822. The van der Waals surface area contributed by atoms with Crippen molar-refractivity contribution in [3.63, 3.8) is 0 Å². The molecule has 2 rings (SSSR count). The molecule has 1 aromatic carbocycles. The van der Waals surface area contributed by atoms with Crippen molar-refractivity contribution in [3.8, 4) is 5.75 Å². The van der Waals surface area contributed by atoms with Crippen LogP contribution in [0.1, 0.15) is 18.0 Å². The van der Waals surface area contributed by atoms with E-state index in [0.717, 1.165) is 24.3 Å². The number of halogens is 1. The van der Waals surface area contributed by atoms with E-state index >= 15 is 0 Å². The van der Waals surface area contributed by atoms with Crippen LogP contribution in [0.25, 0.3) is 0 Å². The van der Waals surface area contributed by atoms with Crippen LogP contribution in [0.4, 0.5) is 0 Å². The van der Waals surface area contributed by atoms with Crippen LogP contribution in [0.2, 0.25) is 0 Å². The van der Waals surface area contributed by atoms with Crippen LogP contribution >= 0.6 is 12.4 Å². The smallest absolute Gasteiger partial charge is 0.310 e. The van der Waals surface area contributed by atoms with Crippen molar-refractivity contribution in [1.82, 2.24) is 5.32 Å². The van der Waals surface area contributed by atoms with E-state index in [9.17, 15) is 4.79 Å². The molecule has 1 saturated heterocycles. The largest absolute Gasteiger partial charge is 0.496 e. The van der Waals surface area contributed by atoms with Gasteiger partial charge in [0, 0.05) is 11.6 Å². The van der Waals surface area contributed by atoms with Gasteiger partial charge in [-0.3, -0.25) is 4.79 Å². The Morgan fingerprint density at radius 2 is 2.06 bits per heavy atom. The highest BCUT2D eigenvalue weighted by Crippen LogP contribution is 2.35. The number of rotatable bonds is 3. The fraction of sp³-hybridized carbons (Fsp3) is 0.462. The third-order valence-corrected chi connectivity index (χ3v) is 3.20. The molecule has 0 radical (unpaired) electrons. The molecule has 0 aromatic heterocycles. The van der Waals surface area contributed by atoms with Crippen molar-refractivity contribution in [1.29, 1.82) is 0 Å². The lowest BCUT2D eigenvalue weighted by Crippen LogP contribution is -2.24. The molecule has 0 amide bonds. The lowest BCUT2D eigenvalue weighted by Gasteiger charge is -2.20. The second-order valence-corrected chi connectivity index (χ2v) is 4.09. The minimum atomic E-state index is -0.161. The Bertz CT molecular complexity index is 411. The van der Waals surface area contributed by atoms with E-state index in [0.29, 0.717) is 0 Å². The van der Waals surface area contributed by atoms with Crippen molar-refractivity contribution in [2.75, 3.05) is 20.8 Å². The van der Waals surface area contributed by atoms with Crippen molar-refractivity contribution >= 4 is 18.4 Å². The number of hydrogen-bond acceptors (Lipinski definition) is 4. The molecular formula is C13H18ClNO3. The molecule has 18 heavy (non-hydrogen) atoms. The molecule has 0 saturated carbocycles. The van der Waals surface area contributed by atoms with Crippen molar-refractivity contribution in [2.24, 2.45) is 5.92 Å². The standard InChI is InChI=1S/C13H17NO3.ClH/c1-16-11-6-4-3-5-9(11)12-10(7-8-14-12)13(15)17-2;/h3-6,10,12,14H,7-8H2,1-2H3;1H. The fourth-order valence-corrected chi connectivity index (χ4v) is 2.36. The molecule has 0 aliphatic carbocycles. The molecule has 5 heteroatoms. The van der Waals surface area contributed by atoms with Crippen molar-refractivity contribution < 1.29 is 14.3 Å². The van der Waals surface area contributed by atoms with Crippen LogP contribution in [-0.4, -0.2) is 26.7 Å². The van der Waals surface area contributed by atoms with Gasteiger partial charge in [0.05, 0.1) is 20.1 Å². The van der Waals surface area contributed by atoms with E-state index < -0.39 is 0 Å². The molecule has 4 nitrogen and oxygen atoms in total. The van der Waals surface area contributed by atoms with Gasteiger partial charge in [-0.25, -0.2) is 0 Å². The van der Waals surface area contributed by atoms with Gasteiger partial charge in [0.2, 0.25) is 0 Å². The highest BCUT2D eigenvalue weighted by Gasteiger charge is 2.35. The van der Waals surface area contributed by atoms with Gasteiger partial charge in [0.15, 0.2) is 0 Å². The summed E-state index contributed by atoms with van der Waals surface area (Å²) < 4.78 is 10.2. The topological polar surface area (TPSA) is 47.6 Å². The second kappa shape index (κ2) is 6.61. The zero-order chi connectivity index (χ0) is 12.3. The summed E-state index contributed by atoms with van der Waals surface area (Å²) in [7, 11) is 3.07. The molecule has 100 valence electrons. The normalized spacial score (nSPS) is 22.1. The molecule has 1 heterocycles. The molecule has 1 N–H and O–H groups in total. The summed E-state index contributed by atoms with van der Waals surface area (Å²) in [5, 5.41) is 3.33. The van der Waals surface area contributed by atoms with Gasteiger partial charge in [-0.05, 0) is 19.0 Å². The number of carbonyl (C=O) groups is 1. The van der Waals surface area contributed by atoms with Crippen LogP contribution < -0.4 is 10.1 Å². The number of benzene rings is 1. The summed E-state index contributed by atoms with van der Waals surface area (Å²) >= 11 is 0. The van der Waals surface area contributed by atoms with Gasteiger partial charge in [-0.2, -0.15) is 0 Å². The predicted molar refractivity (Wildman–Crippen MR) is 71.1 cm³/mol. The lowest BCUT2D eigenvalue weighted by molar-refractivity contribution is -0.145. The van der Waals surface area contributed by atoms with E-state index in [-0.39, 0.29) is 30.3 Å². The molecule has 2 atom stereocenters. The first kappa shape index (κ1) is 14.8. The first-order chi connectivity index (χ1) is 8.27. The van der Waals surface area contributed by atoms with Gasteiger partial charge >= 0.3 is 5.97 Å². The van der Waals surface area contributed by atoms with Gasteiger partial charge in [-0.1, -0.05) is 18.2 Å². The summed E-state index contributed by atoms with van der Waals surface area (Å²) in [5.41, 5.74) is 1.02.